The van der Waals surface area contributed by atoms with Crippen LogP contribution in [0.3, 0.4) is 0 Å². The third kappa shape index (κ3) is 1.53. The Morgan fingerprint density at radius 1 is 1.65 bits per heavy atom. The molecule has 3 atom stereocenters. The van der Waals surface area contributed by atoms with E-state index < -0.39 is 6.09 Å². The number of nitrogens with zero attached hydrogens (tertiary/aromatic N) is 2. The molecular weight excluding hydrogens is 220 g/mol. The molecule has 2 saturated heterocycles. The number of likely N-dealkylation sites (N-methyl/N-ethyl adjacent to an activating group) is 1. The number of ether oxygens (including phenoxy) is 1. The molecule has 2 heterocycles. The van der Waals surface area contributed by atoms with E-state index in [2.05, 4.69) is 23.1 Å². The first-order valence-electron chi connectivity index (χ1n) is 5.89. The van der Waals surface area contributed by atoms with Crippen LogP contribution in [0.4, 0.5) is 4.79 Å². The highest BCUT2D eigenvalue weighted by Crippen LogP contribution is 2.42. The summed E-state index contributed by atoms with van der Waals surface area (Å²) in [5.74, 6) is 0.540. The lowest BCUT2D eigenvalue weighted by atomic mass is 9.95. The van der Waals surface area contributed by atoms with E-state index in [0.717, 1.165) is 12.8 Å². The van der Waals surface area contributed by atoms with Gasteiger partial charge in [-0.15, -0.1) is 0 Å². The van der Waals surface area contributed by atoms with Gasteiger partial charge in [0.25, 0.3) is 0 Å². The van der Waals surface area contributed by atoms with Gasteiger partial charge in [-0.2, -0.15) is 0 Å². The Labute approximate surface area is 99.9 Å². The third-order valence-electron chi connectivity index (χ3n) is 3.90. The minimum Gasteiger partial charge on any atom is -0.465 e. The van der Waals surface area contributed by atoms with Gasteiger partial charge >= 0.3 is 6.09 Å². The van der Waals surface area contributed by atoms with Crippen LogP contribution in [0.25, 0.3) is 0 Å². The van der Waals surface area contributed by atoms with Crippen molar-refractivity contribution in [2.24, 2.45) is 5.92 Å². The Balaban J connectivity index is 1.81. The van der Waals surface area contributed by atoms with Crippen molar-refractivity contribution in [2.75, 3.05) is 13.8 Å². The van der Waals surface area contributed by atoms with E-state index in [1.165, 1.54) is 10.6 Å². The highest BCUT2D eigenvalue weighted by atomic mass is 16.5. The second-order valence-corrected chi connectivity index (χ2v) is 4.80. The van der Waals surface area contributed by atoms with Gasteiger partial charge in [0.2, 0.25) is 0 Å². The summed E-state index contributed by atoms with van der Waals surface area (Å²) in [6.45, 7) is 0.503. The van der Waals surface area contributed by atoms with Gasteiger partial charge in [0.05, 0.1) is 6.04 Å². The molecule has 0 aromatic carbocycles. The van der Waals surface area contributed by atoms with Gasteiger partial charge in [0.1, 0.15) is 6.73 Å². The number of carboxylic acid groups (broad SMARTS) is 1. The molecule has 3 unspecified atom stereocenters. The maximum absolute atomic E-state index is 11.0. The summed E-state index contributed by atoms with van der Waals surface area (Å²) in [5, 5.41) is 9.02. The monoisotopic (exact) mass is 236 g/mol. The molecule has 0 aromatic heterocycles. The van der Waals surface area contributed by atoms with Crippen LogP contribution in [-0.4, -0.2) is 47.0 Å². The van der Waals surface area contributed by atoms with Crippen LogP contribution in [0.5, 0.6) is 0 Å². The first kappa shape index (κ1) is 10.7. The summed E-state index contributed by atoms with van der Waals surface area (Å²) >= 11 is 0. The van der Waals surface area contributed by atoms with Crippen LogP contribution in [0, 0.1) is 5.92 Å². The standard InChI is InChI=1S/C12H16N2O3/c1-13(12(15)16)11-10-6-8-4-2-3-5-9(8)14(10)7-17-11/h2-3,5,8,10-11H,4,6-7H2,1H3,(H,15,16). The van der Waals surface area contributed by atoms with Crippen molar-refractivity contribution in [3.05, 3.63) is 23.9 Å². The lowest BCUT2D eigenvalue weighted by molar-refractivity contribution is -0.00831. The molecular formula is C12H16N2O3. The molecule has 0 spiro atoms. The van der Waals surface area contributed by atoms with Gasteiger partial charge in [0.15, 0.2) is 6.23 Å². The summed E-state index contributed by atoms with van der Waals surface area (Å²) in [6, 6.07) is 0.173. The molecule has 0 saturated carbocycles. The maximum atomic E-state index is 11.0. The van der Waals surface area contributed by atoms with E-state index in [0.29, 0.717) is 12.6 Å². The highest BCUT2D eigenvalue weighted by molar-refractivity contribution is 5.65. The normalized spacial score (nSPS) is 34.3. The quantitative estimate of drug-likeness (QED) is 0.748. The molecule has 1 amide bonds. The Morgan fingerprint density at radius 2 is 2.47 bits per heavy atom. The molecule has 3 aliphatic rings. The molecule has 0 radical (unpaired) electrons. The van der Waals surface area contributed by atoms with Crippen LogP contribution in [0.1, 0.15) is 12.8 Å². The van der Waals surface area contributed by atoms with Crippen LogP contribution in [-0.2, 0) is 4.74 Å². The number of fused-ring (bicyclic) bond motifs is 3. The van der Waals surface area contributed by atoms with Gasteiger partial charge in [-0.05, 0) is 18.9 Å². The highest BCUT2D eigenvalue weighted by Gasteiger charge is 2.47. The second kappa shape index (κ2) is 3.77. The van der Waals surface area contributed by atoms with Crippen LogP contribution < -0.4 is 0 Å². The maximum Gasteiger partial charge on any atom is 0.409 e. The number of allylic oxidation sites excluding steroid dienone is 4. The Morgan fingerprint density at radius 3 is 3.24 bits per heavy atom. The fourth-order valence-electron chi connectivity index (χ4n) is 3.01. The van der Waals surface area contributed by atoms with Crippen molar-refractivity contribution >= 4 is 6.09 Å². The number of carbonyl (C=O) groups is 1. The zero-order valence-corrected chi connectivity index (χ0v) is 9.74. The first-order valence-corrected chi connectivity index (χ1v) is 5.89. The summed E-state index contributed by atoms with van der Waals surface area (Å²) in [5.41, 5.74) is 1.30. The van der Waals surface area contributed by atoms with Crippen molar-refractivity contribution in [1.82, 2.24) is 9.80 Å². The molecule has 1 N–H and O–H groups in total. The number of hydrogen-bond donors (Lipinski definition) is 1. The van der Waals surface area contributed by atoms with E-state index in [1.807, 2.05) is 0 Å². The van der Waals surface area contributed by atoms with E-state index in [4.69, 9.17) is 9.84 Å². The third-order valence-corrected chi connectivity index (χ3v) is 3.90. The predicted molar refractivity (Wildman–Crippen MR) is 61.1 cm³/mol. The molecule has 5 nitrogen and oxygen atoms in total. The van der Waals surface area contributed by atoms with Crippen LogP contribution >= 0.6 is 0 Å². The lowest BCUT2D eigenvalue weighted by Crippen LogP contribution is -2.43. The summed E-state index contributed by atoms with van der Waals surface area (Å²) in [6.07, 6.45) is 7.15. The fourth-order valence-corrected chi connectivity index (χ4v) is 3.01. The van der Waals surface area contributed by atoms with Crippen molar-refractivity contribution < 1.29 is 14.6 Å². The number of hydrogen-bond acceptors (Lipinski definition) is 3. The van der Waals surface area contributed by atoms with Crippen molar-refractivity contribution in [3.63, 3.8) is 0 Å². The molecule has 17 heavy (non-hydrogen) atoms. The summed E-state index contributed by atoms with van der Waals surface area (Å²) in [4.78, 5) is 14.5. The van der Waals surface area contributed by atoms with Gasteiger partial charge < -0.3 is 14.7 Å². The fraction of sp³-hybridized carbons (Fsp3) is 0.583. The van der Waals surface area contributed by atoms with Gasteiger partial charge in [-0.3, -0.25) is 4.90 Å². The molecule has 0 aromatic rings. The van der Waals surface area contributed by atoms with Gasteiger partial charge in [-0.1, -0.05) is 12.2 Å². The van der Waals surface area contributed by atoms with Crippen LogP contribution in [0.15, 0.2) is 23.9 Å². The van der Waals surface area contributed by atoms with Gasteiger partial charge in [-0.25, -0.2) is 4.79 Å². The zero-order valence-electron chi connectivity index (χ0n) is 9.74. The molecule has 3 rings (SSSR count). The Hall–Kier alpha value is -1.49. The molecule has 92 valence electrons. The Kier molecular flexibility index (Phi) is 2.36. The van der Waals surface area contributed by atoms with Crippen molar-refractivity contribution in [3.8, 4) is 0 Å². The van der Waals surface area contributed by atoms with E-state index in [9.17, 15) is 4.79 Å². The van der Waals surface area contributed by atoms with E-state index >= 15 is 0 Å². The van der Waals surface area contributed by atoms with Crippen LogP contribution in [0.2, 0.25) is 0 Å². The molecule has 2 aliphatic heterocycles. The summed E-state index contributed by atoms with van der Waals surface area (Å²) in [7, 11) is 1.57. The smallest absolute Gasteiger partial charge is 0.409 e. The van der Waals surface area contributed by atoms with E-state index in [1.54, 1.807) is 7.05 Å². The SMILES string of the molecule is CN(C(=O)O)C1OCN2C3=CC=CCC3CC12. The lowest BCUT2D eigenvalue weighted by Gasteiger charge is -2.25. The summed E-state index contributed by atoms with van der Waals surface area (Å²) < 4.78 is 5.60. The molecule has 5 heteroatoms. The molecule has 1 aliphatic carbocycles. The molecule has 0 bridgehead atoms. The van der Waals surface area contributed by atoms with E-state index in [-0.39, 0.29) is 12.3 Å². The van der Waals surface area contributed by atoms with Gasteiger partial charge in [0, 0.05) is 18.7 Å². The van der Waals surface area contributed by atoms with Crippen molar-refractivity contribution in [2.45, 2.75) is 25.1 Å². The first-order chi connectivity index (χ1) is 8.18. The predicted octanol–water partition coefficient (Wildman–Crippen LogP) is 1.44. The average Bonchev–Trinajstić information content (AvgIpc) is 2.86. The number of amides is 1. The second-order valence-electron chi connectivity index (χ2n) is 4.80. The zero-order chi connectivity index (χ0) is 12.0. The molecule has 2 fully saturated rings. The minimum absolute atomic E-state index is 0.173. The topological polar surface area (TPSA) is 53.0 Å². The Bertz CT molecular complexity index is 405. The average molecular weight is 236 g/mol. The van der Waals surface area contributed by atoms with Crippen molar-refractivity contribution in [1.29, 1.82) is 0 Å². The largest absolute Gasteiger partial charge is 0.465 e. The minimum atomic E-state index is -0.932. The number of rotatable bonds is 1.